The van der Waals surface area contributed by atoms with E-state index in [1.54, 1.807) is 13.8 Å². The number of rotatable bonds is 7. The van der Waals surface area contributed by atoms with Crippen LogP contribution in [0.4, 0.5) is 0 Å². The van der Waals surface area contributed by atoms with Crippen LogP contribution < -0.4 is 0 Å². The minimum absolute atomic E-state index is 0.103. The number of carbonyl (C=O) groups excluding carboxylic acids is 3. The van der Waals surface area contributed by atoms with Crippen molar-refractivity contribution in [2.24, 2.45) is 11.8 Å². The lowest BCUT2D eigenvalue weighted by atomic mass is 9.61. The number of aromatic nitrogens is 1. The summed E-state index contributed by atoms with van der Waals surface area (Å²) in [5.41, 5.74) is 0.935. The Labute approximate surface area is 204 Å². The summed E-state index contributed by atoms with van der Waals surface area (Å²) in [6, 6.07) is 17.6. The van der Waals surface area contributed by atoms with Gasteiger partial charge in [0.25, 0.3) is 0 Å². The van der Waals surface area contributed by atoms with Crippen molar-refractivity contribution in [2.45, 2.75) is 45.3 Å². The summed E-state index contributed by atoms with van der Waals surface area (Å²) >= 11 is 0. The van der Waals surface area contributed by atoms with Crippen molar-refractivity contribution < 1.29 is 29.0 Å². The Bertz CT molecular complexity index is 1230. The van der Waals surface area contributed by atoms with Crippen LogP contribution in [0.5, 0.6) is 0 Å². The Kier molecular flexibility index (Phi) is 7.08. The molecule has 0 aliphatic heterocycles. The van der Waals surface area contributed by atoms with Crippen LogP contribution in [-0.4, -0.2) is 46.2 Å². The third kappa shape index (κ3) is 4.73. The first-order valence-electron chi connectivity index (χ1n) is 12.0. The van der Waals surface area contributed by atoms with E-state index in [0.29, 0.717) is 12.1 Å². The third-order valence-electron chi connectivity index (χ3n) is 6.72. The number of Topliss-reactive ketones (excluding diaryl/α,β-unsaturated/α-hetero) is 1. The summed E-state index contributed by atoms with van der Waals surface area (Å²) < 4.78 is 12.7. The molecule has 1 aliphatic rings. The number of fused-ring (bicyclic) bond motifs is 1. The topological polar surface area (TPSA) is 94.8 Å². The van der Waals surface area contributed by atoms with E-state index in [0.717, 1.165) is 16.5 Å². The van der Waals surface area contributed by atoms with Crippen molar-refractivity contribution in [3.05, 3.63) is 71.9 Å². The smallest absolute Gasteiger partial charge is 0.317 e. The van der Waals surface area contributed by atoms with E-state index in [9.17, 15) is 19.5 Å². The molecule has 0 radical (unpaired) electrons. The van der Waals surface area contributed by atoms with Crippen LogP contribution in [0.25, 0.3) is 10.9 Å². The van der Waals surface area contributed by atoms with Gasteiger partial charge in [0.05, 0.1) is 24.7 Å². The summed E-state index contributed by atoms with van der Waals surface area (Å²) in [5.74, 6) is -5.05. The van der Waals surface area contributed by atoms with E-state index in [4.69, 9.17) is 9.47 Å². The summed E-state index contributed by atoms with van der Waals surface area (Å²) in [5, 5.41) is 12.1. The monoisotopic (exact) mass is 477 g/mol. The number of aliphatic hydroxyl groups is 1. The van der Waals surface area contributed by atoms with Crippen LogP contribution in [-0.2, 0) is 30.4 Å². The summed E-state index contributed by atoms with van der Waals surface area (Å²) in [7, 11) is 0. The minimum Gasteiger partial charge on any atom is -0.466 e. The molecule has 1 fully saturated rings. The van der Waals surface area contributed by atoms with Gasteiger partial charge in [0.15, 0.2) is 5.78 Å². The molecule has 184 valence electrons. The van der Waals surface area contributed by atoms with Gasteiger partial charge in [0.1, 0.15) is 5.92 Å². The van der Waals surface area contributed by atoms with Crippen molar-refractivity contribution >= 4 is 28.6 Å². The van der Waals surface area contributed by atoms with Crippen LogP contribution in [0.1, 0.15) is 44.2 Å². The first-order chi connectivity index (χ1) is 16.8. The second kappa shape index (κ2) is 10.0. The maximum Gasteiger partial charge on any atom is 0.317 e. The van der Waals surface area contributed by atoms with Crippen molar-refractivity contribution in [1.82, 2.24) is 4.57 Å². The Morgan fingerprint density at radius 1 is 1.00 bits per heavy atom. The van der Waals surface area contributed by atoms with E-state index in [2.05, 4.69) is 0 Å². The molecule has 0 saturated heterocycles. The Morgan fingerprint density at radius 2 is 1.63 bits per heavy atom. The quantitative estimate of drug-likeness (QED) is 0.410. The van der Waals surface area contributed by atoms with Gasteiger partial charge >= 0.3 is 11.9 Å². The molecule has 1 aliphatic carbocycles. The molecule has 1 heterocycles. The molecule has 3 aromatic rings. The van der Waals surface area contributed by atoms with Gasteiger partial charge in [-0.15, -0.1) is 0 Å². The molecule has 7 nitrogen and oxygen atoms in total. The SMILES string of the molecule is CCOC(=O)[C@@H]1C(=O)C[C@](C)(O)[C@@H](C(=O)OCC)[C@@H]1c1cn(Cc2ccccc2)c2ccccc12. The number of ether oxygens (including phenoxy) is 2. The summed E-state index contributed by atoms with van der Waals surface area (Å²) in [4.78, 5) is 39.5. The van der Waals surface area contributed by atoms with Crippen molar-refractivity contribution in [2.75, 3.05) is 13.2 Å². The van der Waals surface area contributed by atoms with Crippen LogP contribution in [0.2, 0.25) is 0 Å². The number of esters is 2. The fourth-order valence-electron chi connectivity index (χ4n) is 5.31. The molecular formula is C28H31NO6. The molecule has 7 heteroatoms. The lowest BCUT2D eigenvalue weighted by molar-refractivity contribution is -0.172. The highest BCUT2D eigenvalue weighted by atomic mass is 16.5. The van der Waals surface area contributed by atoms with Crippen molar-refractivity contribution in [1.29, 1.82) is 0 Å². The lowest BCUT2D eigenvalue weighted by Gasteiger charge is -2.43. The molecule has 4 rings (SSSR count). The number of hydrogen-bond donors (Lipinski definition) is 1. The van der Waals surface area contributed by atoms with Gasteiger partial charge in [-0.1, -0.05) is 48.5 Å². The predicted octanol–water partition coefficient (Wildman–Crippen LogP) is 3.86. The first-order valence-corrected chi connectivity index (χ1v) is 12.0. The predicted molar refractivity (Wildman–Crippen MR) is 131 cm³/mol. The molecule has 1 aromatic heterocycles. The summed E-state index contributed by atoms with van der Waals surface area (Å²) in [6.45, 7) is 5.60. The first kappa shape index (κ1) is 24.7. The van der Waals surface area contributed by atoms with Gasteiger partial charge in [-0.05, 0) is 38.0 Å². The van der Waals surface area contributed by atoms with E-state index in [-0.39, 0.29) is 19.6 Å². The molecule has 0 spiro atoms. The van der Waals surface area contributed by atoms with Gasteiger partial charge < -0.3 is 19.1 Å². The molecule has 0 amide bonds. The minimum atomic E-state index is -1.68. The van der Waals surface area contributed by atoms with Crippen LogP contribution in [0, 0.1) is 11.8 Å². The average molecular weight is 478 g/mol. The molecule has 1 N–H and O–H groups in total. The number of hydrogen-bond acceptors (Lipinski definition) is 6. The second-order valence-electron chi connectivity index (χ2n) is 9.20. The average Bonchev–Trinajstić information content (AvgIpc) is 3.17. The zero-order valence-corrected chi connectivity index (χ0v) is 20.3. The molecule has 1 saturated carbocycles. The molecular weight excluding hydrogens is 446 g/mol. The van der Waals surface area contributed by atoms with E-state index >= 15 is 0 Å². The zero-order valence-electron chi connectivity index (χ0n) is 20.3. The van der Waals surface area contributed by atoms with Gasteiger partial charge in [-0.2, -0.15) is 0 Å². The largest absolute Gasteiger partial charge is 0.466 e. The zero-order chi connectivity index (χ0) is 25.2. The maximum atomic E-state index is 13.3. The number of para-hydroxylation sites is 1. The van der Waals surface area contributed by atoms with E-state index in [1.165, 1.54) is 6.92 Å². The fourth-order valence-corrected chi connectivity index (χ4v) is 5.31. The number of benzene rings is 2. The van der Waals surface area contributed by atoms with Gasteiger partial charge in [-0.25, -0.2) is 0 Å². The number of nitrogens with zero attached hydrogens (tertiary/aromatic N) is 1. The van der Waals surface area contributed by atoms with Crippen molar-refractivity contribution in [3.63, 3.8) is 0 Å². The van der Waals surface area contributed by atoms with Crippen molar-refractivity contribution in [3.8, 4) is 0 Å². The van der Waals surface area contributed by atoms with Crippen LogP contribution in [0.15, 0.2) is 60.8 Å². The van der Waals surface area contributed by atoms with Gasteiger partial charge in [0.2, 0.25) is 0 Å². The molecule has 0 unspecified atom stereocenters. The highest BCUT2D eigenvalue weighted by Crippen LogP contribution is 2.48. The normalized spacial score (nSPS) is 24.3. The number of ketones is 1. The van der Waals surface area contributed by atoms with Crippen LogP contribution in [0.3, 0.4) is 0 Å². The van der Waals surface area contributed by atoms with Gasteiger partial charge in [0, 0.05) is 36.0 Å². The maximum absolute atomic E-state index is 13.3. The third-order valence-corrected chi connectivity index (χ3v) is 6.72. The second-order valence-corrected chi connectivity index (χ2v) is 9.20. The Balaban J connectivity index is 1.92. The molecule has 35 heavy (non-hydrogen) atoms. The summed E-state index contributed by atoms with van der Waals surface area (Å²) in [6.07, 6.45) is 1.55. The van der Waals surface area contributed by atoms with E-state index in [1.807, 2.05) is 65.4 Å². The Morgan fingerprint density at radius 3 is 2.31 bits per heavy atom. The van der Waals surface area contributed by atoms with Gasteiger partial charge in [-0.3, -0.25) is 14.4 Å². The molecule has 0 bridgehead atoms. The fraction of sp³-hybridized carbons (Fsp3) is 0.393. The standard InChI is InChI=1S/C28H31NO6/c1-4-34-26(31)24-22(30)15-28(3,33)25(27(32)35-5-2)23(24)20-17-29(16-18-11-7-6-8-12-18)21-14-10-9-13-19(20)21/h6-14,17,23-25,33H,4-5,15-16H2,1-3H3/t23-,24-,25-,28+/m1/s1. The number of carbonyl (C=O) groups is 3. The highest BCUT2D eigenvalue weighted by molar-refractivity contribution is 6.03. The Hall–Kier alpha value is -3.45. The lowest BCUT2D eigenvalue weighted by Crippen LogP contribution is -2.55. The van der Waals surface area contributed by atoms with Crippen LogP contribution >= 0.6 is 0 Å². The molecule has 2 aromatic carbocycles. The molecule has 4 atom stereocenters. The highest BCUT2D eigenvalue weighted by Gasteiger charge is 2.57. The van der Waals surface area contributed by atoms with E-state index < -0.39 is 41.1 Å².